The van der Waals surface area contributed by atoms with Crippen molar-refractivity contribution in [3.05, 3.63) is 58.4 Å². The van der Waals surface area contributed by atoms with Crippen molar-refractivity contribution in [1.82, 2.24) is 4.57 Å². The lowest BCUT2D eigenvalue weighted by atomic mass is 9.95. The van der Waals surface area contributed by atoms with E-state index in [1.165, 1.54) is 7.11 Å². The monoisotopic (exact) mass is 293 g/mol. The maximum absolute atomic E-state index is 12.7. The Hall–Kier alpha value is -2.75. The zero-order valence-electron chi connectivity index (χ0n) is 12.2. The number of ether oxygens (including phenoxy) is 1. The van der Waals surface area contributed by atoms with Crippen molar-refractivity contribution in [3.8, 4) is 22.8 Å². The highest BCUT2D eigenvalue weighted by molar-refractivity contribution is 5.86. The lowest BCUT2D eigenvalue weighted by Crippen LogP contribution is -2.26. The van der Waals surface area contributed by atoms with Crippen molar-refractivity contribution < 1.29 is 9.84 Å². The number of methoxy groups -OCH3 is 1. The molecule has 4 rings (SSSR count). The number of aromatic hydroxyl groups is 1. The van der Waals surface area contributed by atoms with E-state index in [9.17, 15) is 9.90 Å². The highest BCUT2D eigenvalue weighted by atomic mass is 16.5. The Labute approximate surface area is 127 Å². The second-order valence-electron chi connectivity index (χ2n) is 5.50. The van der Waals surface area contributed by atoms with Crippen molar-refractivity contribution in [2.75, 3.05) is 7.11 Å². The summed E-state index contributed by atoms with van der Waals surface area (Å²) in [5.41, 5.74) is 2.89. The molecule has 2 aromatic carbocycles. The number of fused-ring (bicyclic) bond motifs is 4. The topological polar surface area (TPSA) is 51.5 Å². The summed E-state index contributed by atoms with van der Waals surface area (Å²) in [5, 5.41) is 11.6. The van der Waals surface area contributed by atoms with E-state index >= 15 is 0 Å². The Morgan fingerprint density at radius 3 is 2.82 bits per heavy atom. The van der Waals surface area contributed by atoms with Crippen LogP contribution in [0.5, 0.6) is 11.5 Å². The van der Waals surface area contributed by atoms with E-state index in [-0.39, 0.29) is 11.3 Å². The number of hydrogen-bond donors (Lipinski definition) is 1. The summed E-state index contributed by atoms with van der Waals surface area (Å²) in [5.74, 6) is 0.561. The zero-order valence-corrected chi connectivity index (χ0v) is 12.2. The summed E-state index contributed by atoms with van der Waals surface area (Å²) >= 11 is 0. The van der Waals surface area contributed by atoms with Crippen LogP contribution in [0.25, 0.3) is 22.0 Å². The molecule has 4 heteroatoms. The second-order valence-corrected chi connectivity index (χ2v) is 5.50. The van der Waals surface area contributed by atoms with E-state index in [0.717, 1.165) is 34.0 Å². The third-order valence-corrected chi connectivity index (χ3v) is 4.30. The molecule has 1 aliphatic rings. The summed E-state index contributed by atoms with van der Waals surface area (Å²) < 4.78 is 7.01. The lowest BCUT2D eigenvalue weighted by Gasteiger charge is -2.23. The predicted molar refractivity (Wildman–Crippen MR) is 85.6 cm³/mol. The quantitative estimate of drug-likeness (QED) is 0.750. The van der Waals surface area contributed by atoms with E-state index in [4.69, 9.17) is 4.74 Å². The van der Waals surface area contributed by atoms with Gasteiger partial charge in [0.2, 0.25) is 0 Å². The molecule has 0 saturated carbocycles. The first-order valence-corrected chi connectivity index (χ1v) is 7.22. The maximum atomic E-state index is 12.7. The molecule has 0 aliphatic carbocycles. The number of phenols is 1. The van der Waals surface area contributed by atoms with Crippen LogP contribution in [-0.4, -0.2) is 16.8 Å². The van der Waals surface area contributed by atoms with Crippen molar-refractivity contribution in [3.63, 3.8) is 0 Å². The summed E-state index contributed by atoms with van der Waals surface area (Å²) in [7, 11) is 1.53. The van der Waals surface area contributed by atoms with Gasteiger partial charge in [-0.3, -0.25) is 4.79 Å². The average molecular weight is 293 g/mol. The molecule has 2 heterocycles. The van der Waals surface area contributed by atoms with Crippen LogP contribution in [0, 0.1) is 0 Å². The van der Waals surface area contributed by atoms with Crippen LogP contribution in [0.2, 0.25) is 0 Å². The van der Waals surface area contributed by atoms with Gasteiger partial charge in [-0.2, -0.15) is 0 Å². The van der Waals surface area contributed by atoms with Crippen LogP contribution >= 0.6 is 0 Å². The van der Waals surface area contributed by atoms with E-state index < -0.39 is 0 Å². The molecule has 0 fully saturated rings. The van der Waals surface area contributed by atoms with Gasteiger partial charge in [0.15, 0.2) is 11.5 Å². The molecule has 3 aromatic rings. The molecule has 0 saturated heterocycles. The average Bonchev–Trinajstić information content (AvgIpc) is 2.54. The minimum Gasteiger partial charge on any atom is -0.504 e. The van der Waals surface area contributed by atoms with Gasteiger partial charge in [-0.1, -0.05) is 18.2 Å². The van der Waals surface area contributed by atoms with Gasteiger partial charge in [0.05, 0.1) is 12.8 Å². The van der Waals surface area contributed by atoms with E-state index in [1.807, 2.05) is 36.4 Å². The predicted octanol–water partition coefficient (Wildman–Crippen LogP) is 2.94. The number of aryl methyl sites for hydroxylation is 1. The van der Waals surface area contributed by atoms with Gasteiger partial charge in [0.1, 0.15) is 0 Å². The molecule has 1 aromatic heterocycles. The Bertz CT molecular complexity index is 956. The molecule has 0 bridgehead atoms. The Balaban J connectivity index is 2.07. The molecule has 1 aliphatic heterocycles. The highest BCUT2D eigenvalue weighted by Gasteiger charge is 2.20. The van der Waals surface area contributed by atoms with Crippen molar-refractivity contribution in [1.29, 1.82) is 0 Å². The molecule has 0 atom stereocenters. The number of aromatic nitrogens is 1. The lowest BCUT2D eigenvalue weighted by molar-refractivity contribution is 0.373. The number of nitrogens with zero attached hydrogens (tertiary/aromatic N) is 1. The minimum atomic E-state index is 0.0331. The van der Waals surface area contributed by atoms with Gasteiger partial charge >= 0.3 is 0 Å². The molecule has 1 N–H and O–H groups in total. The van der Waals surface area contributed by atoms with Crippen LogP contribution < -0.4 is 10.3 Å². The largest absolute Gasteiger partial charge is 0.504 e. The number of phenolic OH excluding ortho intramolecular Hbond substituents is 1. The maximum Gasteiger partial charge on any atom is 0.258 e. The van der Waals surface area contributed by atoms with Crippen LogP contribution in [0.4, 0.5) is 0 Å². The third kappa shape index (κ3) is 1.73. The first-order chi connectivity index (χ1) is 10.7. The molecule has 4 nitrogen and oxygen atoms in total. The smallest absolute Gasteiger partial charge is 0.258 e. The summed E-state index contributed by atoms with van der Waals surface area (Å²) in [6.07, 6.45) is 0.720. The van der Waals surface area contributed by atoms with Crippen LogP contribution in [0.1, 0.15) is 5.56 Å². The molecule has 0 unspecified atom stereocenters. The van der Waals surface area contributed by atoms with Gasteiger partial charge in [-0.15, -0.1) is 0 Å². The number of pyridine rings is 1. The fourth-order valence-corrected chi connectivity index (χ4v) is 3.20. The van der Waals surface area contributed by atoms with Gasteiger partial charge in [0, 0.05) is 17.5 Å². The van der Waals surface area contributed by atoms with Gasteiger partial charge in [-0.05, 0) is 41.6 Å². The summed E-state index contributed by atoms with van der Waals surface area (Å²) in [4.78, 5) is 12.7. The van der Waals surface area contributed by atoms with Gasteiger partial charge in [-0.25, -0.2) is 0 Å². The second kappa shape index (κ2) is 4.63. The molecule has 0 radical (unpaired) electrons. The number of rotatable bonds is 1. The summed E-state index contributed by atoms with van der Waals surface area (Å²) in [6.45, 7) is 0.623. The zero-order chi connectivity index (χ0) is 15.3. The fraction of sp³-hybridized carbons (Fsp3) is 0.167. The molecular formula is C18H15NO3. The van der Waals surface area contributed by atoms with Crippen LogP contribution in [0.3, 0.4) is 0 Å². The van der Waals surface area contributed by atoms with Crippen molar-refractivity contribution in [2.45, 2.75) is 13.0 Å². The minimum absolute atomic E-state index is 0.0331. The van der Waals surface area contributed by atoms with Gasteiger partial charge < -0.3 is 14.4 Å². The summed E-state index contributed by atoms with van der Waals surface area (Å²) in [6, 6.07) is 13.2. The SMILES string of the molecule is COc1cc2c(cc1O)CCn1c-2cc2ccccc2c1=O. The number of benzene rings is 2. The standard InChI is InChI=1S/C18H15NO3/c1-22-17-10-14-12(9-16(17)20)6-7-19-15(14)8-11-4-2-3-5-13(11)18(19)21/h2-5,8-10,20H,6-7H2,1H3. The Morgan fingerprint density at radius 1 is 1.18 bits per heavy atom. The van der Waals surface area contributed by atoms with Crippen LogP contribution in [-0.2, 0) is 13.0 Å². The van der Waals surface area contributed by atoms with E-state index in [1.54, 1.807) is 10.6 Å². The highest BCUT2D eigenvalue weighted by Crippen LogP contribution is 2.37. The molecule has 0 amide bonds. The first-order valence-electron chi connectivity index (χ1n) is 7.22. The molecule has 22 heavy (non-hydrogen) atoms. The molecule has 0 spiro atoms. The third-order valence-electron chi connectivity index (χ3n) is 4.30. The van der Waals surface area contributed by atoms with Gasteiger partial charge in [0.25, 0.3) is 5.56 Å². The first kappa shape index (κ1) is 13.0. The Morgan fingerprint density at radius 2 is 2.00 bits per heavy atom. The van der Waals surface area contributed by atoms with Crippen molar-refractivity contribution in [2.24, 2.45) is 0 Å². The molecule has 110 valence electrons. The van der Waals surface area contributed by atoms with E-state index in [2.05, 4.69) is 0 Å². The molecular weight excluding hydrogens is 278 g/mol. The Kier molecular flexibility index (Phi) is 2.73. The van der Waals surface area contributed by atoms with E-state index in [0.29, 0.717) is 12.3 Å². The number of hydrogen-bond acceptors (Lipinski definition) is 3. The van der Waals surface area contributed by atoms with Crippen LogP contribution in [0.15, 0.2) is 47.3 Å². The normalized spacial score (nSPS) is 12.8. The van der Waals surface area contributed by atoms with Crippen molar-refractivity contribution >= 4 is 10.8 Å². The fourth-order valence-electron chi connectivity index (χ4n) is 3.20.